The second-order valence-corrected chi connectivity index (χ2v) is 9.30. The van der Waals surface area contributed by atoms with Crippen LogP contribution in [-0.2, 0) is 20.7 Å². The Hall–Kier alpha value is -3.66. The fourth-order valence-electron chi connectivity index (χ4n) is 5.40. The van der Waals surface area contributed by atoms with E-state index in [4.69, 9.17) is 9.47 Å². The Bertz CT molecular complexity index is 1230. The van der Waals surface area contributed by atoms with Crippen molar-refractivity contribution in [1.29, 1.82) is 0 Å². The predicted molar refractivity (Wildman–Crippen MR) is 125 cm³/mol. The van der Waals surface area contributed by atoms with E-state index in [0.29, 0.717) is 68.1 Å². The molecule has 1 saturated heterocycles. The van der Waals surface area contributed by atoms with Gasteiger partial charge in [-0.15, -0.1) is 0 Å². The maximum absolute atomic E-state index is 14.7. The van der Waals surface area contributed by atoms with Crippen molar-refractivity contribution < 1.29 is 28.2 Å². The highest BCUT2D eigenvalue weighted by Gasteiger charge is 2.38. The summed E-state index contributed by atoms with van der Waals surface area (Å²) in [6.07, 6.45) is 1.01. The maximum atomic E-state index is 14.7. The smallest absolute Gasteiger partial charge is 0.414 e. The van der Waals surface area contributed by atoms with E-state index in [1.807, 2.05) is 0 Å². The Morgan fingerprint density at radius 2 is 1.97 bits per heavy atom. The zero-order valence-electron chi connectivity index (χ0n) is 19.0. The van der Waals surface area contributed by atoms with Gasteiger partial charge in [-0.1, -0.05) is 6.07 Å². The summed E-state index contributed by atoms with van der Waals surface area (Å²) in [7, 11) is 0. The van der Waals surface area contributed by atoms with E-state index in [1.165, 1.54) is 11.0 Å². The molecule has 6 rings (SSSR count). The number of aryl methyl sites for hydroxylation is 1. The Morgan fingerprint density at radius 3 is 2.86 bits per heavy atom. The number of rotatable bonds is 6. The zero-order valence-corrected chi connectivity index (χ0v) is 19.0. The largest absolute Gasteiger partial charge is 0.482 e. The third-order valence-corrected chi connectivity index (χ3v) is 7.06. The molecule has 4 heterocycles. The van der Waals surface area contributed by atoms with Gasteiger partial charge in [0.05, 0.1) is 17.9 Å². The molecule has 0 aliphatic carbocycles. The van der Waals surface area contributed by atoms with Gasteiger partial charge in [0.25, 0.3) is 5.91 Å². The number of amides is 3. The molecule has 0 saturated carbocycles. The van der Waals surface area contributed by atoms with Gasteiger partial charge in [0.1, 0.15) is 17.7 Å². The number of hydrogen-bond acceptors (Lipinski definition) is 6. The van der Waals surface area contributed by atoms with Crippen molar-refractivity contribution >= 4 is 35.0 Å². The van der Waals surface area contributed by atoms with Crippen molar-refractivity contribution in [2.24, 2.45) is 0 Å². The summed E-state index contributed by atoms with van der Waals surface area (Å²) in [5, 5.41) is 6.06. The summed E-state index contributed by atoms with van der Waals surface area (Å²) in [6, 6.07) is 8.48. The topological polar surface area (TPSA) is 100 Å². The Kier molecular flexibility index (Phi) is 5.32. The minimum absolute atomic E-state index is 0.0274. The highest BCUT2D eigenvalue weighted by atomic mass is 19.1. The number of fused-ring (bicyclic) bond motifs is 1. The number of nitrogens with zero attached hydrogens (tertiary/aromatic N) is 2. The van der Waals surface area contributed by atoms with E-state index in [0.717, 1.165) is 11.3 Å². The molecule has 4 aliphatic heterocycles. The first kappa shape index (κ1) is 21.8. The van der Waals surface area contributed by atoms with Crippen LogP contribution in [-0.4, -0.2) is 56.8 Å². The normalized spacial score (nSPS) is 22.5. The fourth-order valence-corrected chi connectivity index (χ4v) is 5.40. The minimum Gasteiger partial charge on any atom is -0.482 e. The standard InChI is InChI=1S/C25H25FN4O5/c26-18-4-1-14-2-6-22(32)30-11-15(23(18)24(14)30)7-8-27-10-17-12-29(25(33)35-17)16-3-5-20-19(9-16)28-21(31)13-34-20/h1,3-5,9,15,17,27H,2,6-8,10-13H2,(H,28,31)/t15?,17-/m1/s1. The van der Waals surface area contributed by atoms with Gasteiger partial charge in [0.2, 0.25) is 5.91 Å². The van der Waals surface area contributed by atoms with Crippen LogP contribution in [0.2, 0.25) is 0 Å². The predicted octanol–water partition coefficient (Wildman–Crippen LogP) is 2.54. The van der Waals surface area contributed by atoms with E-state index in [9.17, 15) is 18.8 Å². The van der Waals surface area contributed by atoms with Gasteiger partial charge in [0, 0.05) is 36.7 Å². The summed E-state index contributed by atoms with van der Waals surface area (Å²) in [5.74, 6) is 0.0710. The van der Waals surface area contributed by atoms with E-state index >= 15 is 0 Å². The third kappa shape index (κ3) is 3.87. The molecule has 0 radical (unpaired) electrons. The first-order valence-electron chi connectivity index (χ1n) is 11.8. The lowest BCUT2D eigenvalue weighted by Gasteiger charge is -2.25. The maximum Gasteiger partial charge on any atom is 0.414 e. The van der Waals surface area contributed by atoms with Crippen LogP contribution in [0.15, 0.2) is 30.3 Å². The second-order valence-electron chi connectivity index (χ2n) is 9.30. The molecule has 3 amide bonds. The molecule has 10 heteroatoms. The molecule has 1 unspecified atom stereocenters. The Morgan fingerprint density at radius 1 is 1.09 bits per heavy atom. The molecule has 35 heavy (non-hydrogen) atoms. The number of ether oxygens (including phenoxy) is 2. The Labute approximate surface area is 201 Å². The summed E-state index contributed by atoms with van der Waals surface area (Å²) < 4.78 is 25.5. The molecule has 2 aromatic rings. The van der Waals surface area contributed by atoms with Crippen LogP contribution >= 0.6 is 0 Å². The highest BCUT2D eigenvalue weighted by Crippen LogP contribution is 2.44. The second kappa shape index (κ2) is 8.53. The van der Waals surface area contributed by atoms with Crippen LogP contribution in [0.1, 0.15) is 29.9 Å². The number of nitrogens with one attached hydrogen (secondary N) is 2. The number of cyclic esters (lactones) is 1. The number of carbonyl (C=O) groups is 3. The molecule has 1 fully saturated rings. The van der Waals surface area contributed by atoms with E-state index in [2.05, 4.69) is 10.6 Å². The van der Waals surface area contributed by atoms with Gasteiger partial charge in [-0.2, -0.15) is 0 Å². The fraction of sp³-hybridized carbons (Fsp3) is 0.400. The van der Waals surface area contributed by atoms with Crippen LogP contribution in [0, 0.1) is 5.82 Å². The van der Waals surface area contributed by atoms with Gasteiger partial charge in [-0.3, -0.25) is 14.5 Å². The first-order chi connectivity index (χ1) is 17.0. The summed E-state index contributed by atoms with van der Waals surface area (Å²) in [5.41, 5.74) is 3.61. The molecular weight excluding hydrogens is 455 g/mol. The van der Waals surface area contributed by atoms with Crippen molar-refractivity contribution in [2.75, 3.05) is 47.9 Å². The summed E-state index contributed by atoms with van der Waals surface area (Å²) in [4.78, 5) is 39.7. The van der Waals surface area contributed by atoms with Gasteiger partial charge < -0.3 is 25.0 Å². The number of halogens is 1. The Balaban J connectivity index is 1.05. The van der Waals surface area contributed by atoms with Crippen LogP contribution in [0.3, 0.4) is 0 Å². The lowest BCUT2D eigenvalue weighted by Crippen LogP contribution is -2.34. The van der Waals surface area contributed by atoms with Crippen LogP contribution < -0.4 is 25.2 Å². The molecule has 0 spiro atoms. The molecular formula is C25H25FN4O5. The number of benzene rings is 2. The molecule has 2 N–H and O–H groups in total. The first-order valence-corrected chi connectivity index (χ1v) is 11.8. The van der Waals surface area contributed by atoms with Crippen molar-refractivity contribution in [2.45, 2.75) is 31.3 Å². The average molecular weight is 480 g/mol. The number of anilines is 3. The summed E-state index contributed by atoms with van der Waals surface area (Å²) >= 11 is 0. The number of carbonyl (C=O) groups excluding carboxylic acids is 3. The molecule has 2 aromatic carbocycles. The molecule has 182 valence electrons. The minimum atomic E-state index is -0.452. The molecule has 0 aromatic heterocycles. The van der Waals surface area contributed by atoms with Gasteiger partial charge in [-0.05, 0) is 49.2 Å². The quantitative estimate of drug-likeness (QED) is 0.617. The zero-order chi connectivity index (χ0) is 24.1. The van der Waals surface area contributed by atoms with Crippen LogP contribution in [0.4, 0.5) is 26.2 Å². The lowest BCUT2D eigenvalue weighted by molar-refractivity contribution is -0.119. The third-order valence-electron chi connectivity index (χ3n) is 7.06. The monoisotopic (exact) mass is 480 g/mol. The van der Waals surface area contributed by atoms with Crippen molar-refractivity contribution in [3.8, 4) is 5.75 Å². The van der Waals surface area contributed by atoms with Crippen molar-refractivity contribution in [3.63, 3.8) is 0 Å². The molecule has 0 bridgehead atoms. The van der Waals surface area contributed by atoms with E-state index in [1.54, 1.807) is 29.2 Å². The highest BCUT2D eigenvalue weighted by molar-refractivity contribution is 5.99. The lowest BCUT2D eigenvalue weighted by atomic mass is 9.93. The van der Waals surface area contributed by atoms with Crippen LogP contribution in [0.5, 0.6) is 5.75 Å². The van der Waals surface area contributed by atoms with E-state index < -0.39 is 6.09 Å². The van der Waals surface area contributed by atoms with Gasteiger partial charge in [-0.25, -0.2) is 9.18 Å². The van der Waals surface area contributed by atoms with Crippen LogP contribution in [0.25, 0.3) is 0 Å². The van der Waals surface area contributed by atoms with Crippen molar-refractivity contribution in [3.05, 3.63) is 47.3 Å². The summed E-state index contributed by atoms with van der Waals surface area (Å²) in [6.45, 7) is 1.91. The molecule has 9 nitrogen and oxygen atoms in total. The SMILES string of the molecule is O=C1COc2ccc(N3C[C@@H](CNCCC4CN5C(=O)CCc6ccc(F)c4c65)OC3=O)cc2N1. The molecule has 2 atom stereocenters. The molecule has 4 aliphatic rings. The van der Waals surface area contributed by atoms with Gasteiger partial charge in [0.15, 0.2) is 6.61 Å². The number of hydrogen-bond donors (Lipinski definition) is 2. The van der Waals surface area contributed by atoms with Crippen molar-refractivity contribution in [1.82, 2.24) is 5.32 Å². The average Bonchev–Trinajstić information content (AvgIpc) is 3.42. The van der Waals surface area contributed by atoms with Gasteiger partial charge >= 0.3 is 6.09 Å². The van der Waals surface area contributed by atoms with E-state index in [-0.39, 0.29) is 36.3 Å².